The van der Waals surface area contributed by atoms with Gasteiger partial charge in [0, 0.05) is 19.6 Å². The number of morpholine rings is 1. The van der Waals surface area contributed by atoms with Gasteiger partial charge in [0.05, 0.1) is 19.3 Å². The normalized spacial score (nSPS) is 17.1. The third kappa shape index (κ3) is 6.06. The van der Waals surface area contributed by atoms with E-state index in [4.69, 9.17) is 9.47 Å². The minimum absolute atomic E-state index is 0.193. The van der Waals surface area contributed by atoms with Crippen molar-refractivity contribution in [2.45, 2.75) is 18.8 Å². The van der Waals surface area contributed by atoms with Gasteiger partial charge in [-0.25, -0.2) is 4.79 Å². The van der Waals surface area contributed by atoms with Crippen LogP contribution in [-0.2, 0) is 16.1 Å². The first-order valence-corrected chi connectivity index (χ1v) is 9.23. The summed E-state index contributed by atoms with van der Waals surface area (Å²) in [4.78, 5) is 14.5. The number of aliphatic hydroxyl groups is 1. The number of nitrogens with zero attached hydrogens (tertiary/aromatic N) is 1. The van der Waals surface area contributed by atoms with Crippen LogP contribution >= 0.6 is 0 Å². The third-order valence-electron chi connectivity index (χ3n) is 4.60. The number of carbonyl (C=O) groups is 1. The van der Waals surface area contributed by atoms with E-state index in [0.29, 0.717) is 19.8 Å². The Hall–Kier alpha value is -2.41. The predicted molar refractivity (Wildman–Crippen MR) is 102 cm³/mol. The van der Waals surface area contributed by atoms with Crippen LogP contribution in [0.25, 0.3) is 0 Å². The van der Waals surface area contributed by atoms with E-state index >= 15 is 0 Å². The Bertz CT molecular complexity index is 690. The number of hydrogen-bond donors (Lipinski definition) is 2. The van der Waals surface area contributed by atoms with Crippen molar-refractivity contribution in [3.05, 3.63) is 71.8 Å². The lowest BCUT2D eigenvalue weighted by molar-refractivity contribution is 0.0194. The summed E-state index contributed by atoms with van der Waals surface area (Å²) in [5.74, 6) is 0. The molecule has 1 amide bonds. The molecule has 2 atom stereocenters. The summed E-state index contributed by atoms with van der Waals surface area (Å²) >= 11 is 0. The van der Waals surface area contributed by atoms with Crippen LogP contribution < -0.4 is 5.32 Å². The van der Waals surface area contributed by atoms with Crippen molar-refractivity contribution < 1.29 is 19.4 Å². The molecule has 0 unspecified atom stereocenters. The SMILES string of the molecule is O=C(N[C@H](CN1CCOCC1)[C@H](O)c1ccccc1)OCc1ccccc1. The Morgan fingerprint density at radius 3 is 2.37 bits per heavy atom. The minimum atomic E-state index is -0.821. The lowest BCUT2D eigenvalue weighted by Gasteiger charge is -2.32. The quantitative estimate of drug-likeness (QED) is 0.783. The molecule has 6 nitrogen and oxygen atoms in total. The summed E-state index contributed by atoms with van der Waals surface area (Å²) < 4.78 is 10.7. The fourth-order valence-corrected chi connectivity index (χ4v) is 3.09. The molecule has 144 valence electrons. The Morgan fingerprint density at radius 2 is 1.70 bits per heavy atom. The second-order valence-corrected chi connectivity index (χ2v) is 6.58. The van der Waals surface area contributed by atoms with Crippen LogP contribution in [0, 0.1) is 0 Å². The van der Waals surface area contributed by atoms with E-state index in [1.54, 1.807) is 0 Å². The van der Waals surface area contributed by atoms with E-state index in [9.17, 15) is 9.90 Å². The molecule has 2 aromatic carbocycles. The topological polar surface area (TPSA) is 71.0 Å². The average molecular weight is 370 g/mol. The van der Waals surface area contributed by atoms with Crippen molar-refractivity contribution >= 4 is 6.09 Å². The van der Waals surface area contributed by atoms with E-state index in [2.05, 4.69) is 10.2 Å². The largest absolute Gasteiger partial charge is 0.445 e. The minimum Gasteiger partial charge on any atom is -0.445 e. The molecule has 2 N–H and O–H groups in total. The van der Waals surface area contributed by atoms with E-state index in [1.807, 2.05) is 60.7 Å². The number of nitrogens with one attached hydrogen (secondary N) is 1. The van der Waals surface area contributed by atoms with Crippen molar-refractivity contribution in [3.8, 4) is 0 Å². The van der Waals surface area contributed by atoms with Crippen molar-refractivity contribution in [1.82, 2.24) is 10.2 Å². The fraction of sp³-hybridized carbons (Fsp3) is 0.381. The first-order valence-electron chi connectivity index (χ1n) is 9.23. The molecule has 6 heteroatoms. The Labute approximate surface area is 159 Å². The molecule has 1 saturated heterocycles. The summed E-state index contributed by atoms with van der Waals surface area (Å²) in [6.45, 7) is 3.59. The van der Waals surface area contributed by atoms with Gasteiger partial charge in [-0.15, -0.1) is 0 Å². The van der Waals surface area contributed by atoms with Crippen LogP contribution in [0.4, 0.5) is 4.79 Å². The van der Waals surface area contributed by atoms with Gasteiger partial charge in [0.25, 0.3) is 0 Å². The Balaban J connectivity index is 1.62. The molecule has 3 rings (SSSR count). The molecular formula is C21H26N2O4. The van der Waals surface area contributed by atoms with Gasteiger partial charge < -0.3 is 19.9 Å². The monoisotopic (exact) mass is 370 g/mol. The van der Waals surface area contributed by atoms with Gasteiger partial charge >= 0.3 is 6.09 Å². The first kappa shape index (κ1) is 19.4. The number of hydrogen-bond acceptors (Lipinski definition) is 5. The van der Waals surface area contributed by atoms with E-state index in [0.717, 1.165) is 24.2 Å². The number of alkyl carbamates (subject to hydrolysis) is 1. The maximum atomic E-state index is 12.3. The molecule has 0 bridgehead atoms. The van der Waals surface area contributed by atoms with Crippen molar-refractivity contribution in [3.63, 3.8) is 0 Å². The highest BCUT2D eigenvalue weighted by Crippen LogP contribution is 2.18. The van der Waals surface area contributed by atoms with Gasteiger partial charge in [-0.3, -0.25) is 4.90 Å². The molecular weight excluding hydrogens is 344 g/mol. The highest BCUT2D eigenvalue weighted by molar-refractivity contribution is 5.67. The lowest BCUT2D eigenvalue weighted by atomic mass is 10.0. The van der Waals surface area contributed by atoms with Crippen molar-refractivity contribution in [2.75, 3.05) is 32.8 Å². The standard InChI is InChI=1S/C21H26N2O4/c24-20(18-9-5-2-6-10-18)19(15-23-11-13-26-14-12-23)22-21(25)27-16-17-7-3-1-4-8-17/h1-10,19-20,24H,11-16H2,(H,22,25)/t19-,20-/m1/s1. The van der Waals surface area contributed by atoms with Gasteiger partial charge in [0.15, 0.2) is 0 Å². The number of ether oxygens (including phenoxy) is 2. The molecule has 1 fully saturated rings. The summed E-state index contributed by atoms with van der Waals surface area (Å²) in [6.07, 6.45) is -1.36. The number of rotatable bonds is 7. The summed E-state index contributed by atoms with van der Waals surface area (Å²) in [6, 6.07) is 18.4. The van der Waals surface area contributed by atoms with Crippen LogP contribution in [0.15, 0.2) is 60.7 Å². The first-order chi connectivity index (χ1) is 13.2. The van der Waals surface area contributed by atoms with Gasteiger partial charge in [0.2, 0.25) is 0 Å². The molecule has 0 aromatic heterocycles. The summed E-state index contributed by atoms with van der Waals surface area (Å²) in [7, 11) is 0. The van der Waals surface area contributed by atoms with Gasteiger partial charge in [-0.05, 0) is 11.1 Å². The second kappa shape index (κ2) is 10.1. The highest BCUT2D eigenvalue weighted by atomic mass is 16.5. The smallest absolute Gasteiger partial charge is 0.407 e. The zero-order chi connectivity index (χ0) is 18.9. The number of benzene rings is 2. The lowest BCUT2D eigenvalue weighted by Crippen LogP contribution is -2.50. The van der Waals surface area contributed by atoms with Crippen LogP contribution in [0.5, 0.6) is 0 Å². The van der Waals surface area contributed by atoms with Crippen molar-refractivity contribution in [1.29, 1.82) is 0 Å². The predicted octanol–water partition coefficient (Wildman–Crippen LogP) is 2.35. The van der Waals surface area contributed by atoms with Gasteiger partial charge in [0.1, 0.15) is 12.7 Å². The van der Waals surface area contributed by atoms with E-state index in [-0.39, 0.29) is 6.61 Å². The third-order valence-corrected chi connectivity index (χ3v) is 4.60. The van der Waals surface area contributed by atoms with Crippen molar-refractivity contribution in [2.24, 2.45) is 0 Å². The fourth-order valence-electron chi connectivity index (χ4n) is 3.09. The van der Waals surface area contributed by atoms with E-state index < -0.39 is 18.2 Å². The zero-order valence-corrected chi connectivity index (χ0v) is 15.3. The Morgan fingerprint density at radius 1 is 1.07 bits per heavy atom. The molecule has 2 aromatic rings. The molecule has 27 heavy (non-hydrogen) atoms. The van der Waals surface area contributed by atoms with Crippen LogP contribution in [0.2, 0.25) is 0 Å². The molecule has 1 aliphatic rings. The van der Waals surface area contributed by atoms with Crippen LogP contribution in [0.3, 0.4) is 0 Å². The Kier molecular flexibility index (Phi) is 7.21. The average Bonchev–Trinajstić information content (AvgIpc) is 2.73. The molecule has 1 heterocycles. The second-order valence-electron chi connectivity index (χ2n) is 6.58. The summed E-state index contributed by atoms with van der Waals surface area (Å²) in [5, 5.41) is 13.7. The maximum Gasteiger partial charge on any atom is 0.407 e. The number of amides is 1. The molecule has 0 radical (unpaired) electrons. The molecule has 1 aliphatic heterocycles. The number of aliphatic hydroxyl groups excluding tert-OH is 1. The zero-order valence-electron chi connectivity index (χ0n) is 15.3. The van der Waals surface area contributed by atoms with Gasteiger partial charge in [-0.2, -0.15) is 0 Å². The van der Waals surface area contributed by atoms with E-state index in [1.165, 1.54) is 0 Å². The molecule has 0 spiro atoms. The maximum absolute atomic E-state index is 12.3. The summed E-state index contributed by atoms with van der Waals surface area (Å²) in [5.41, 5.74) is 1.68. The highest BCUT2D eigenvalue weighted by Gasteiger charge is 2.26. The van der Waals surface area contributed by atoms with Crippen LogP contribution in [-0.4, -0.2) is 55.0 Å². The number of carbonyl (C=O) groups excluding carboxylic acids is 1. The van der Waals surface area contributed by atoms with Gasteiger partial charge in [-0.1, -0.05) is 60.7 Å². The molecule has 0 aliphatic carbocycles. The van der Waals surface area contributed by atoms with Crippen LogP contribution in [0.1, 0.15) is 17.2 Å². The molecule has 0 saturated carbocycles.